The fourth-order valence-corrected chi connectivity index (χ4v) is 1.33. The minimum atomic E-state index is -4.34. The van der Waals surface area contributed by atoms with E-state index in [9.17, 15) is 13.2 Å². The van der Waals surface area contributed by atoms with Gasteiger partial charge in [-0.05, 0) is 13.0 Å². The Bertz CT molecular complexity index is 366. The minimum Gasteiger partial charge on any atom is -0.423 e. The highest BCUT2D eigenvalue weighted by atomic mass is 19.4. The molecule has 8 heteroatoms. The maximum absolute atomic E-state index is 11.8. The van der Waals surface area contributed by atoms with Crippen molar-refractivity contribution in [1.82, 2.24) is 15.5 Å². The second-order valence-electron chi connectivity index (χ2n) is 4.41. The molecule has 0 radical (unpaired) electrons. The molecule has 1 heterocycles. The van der Waals surface area contributed by atoms with Crippen LogP contribution in [-0.2, 0) is 17.8 Å². The third-order valence-corrected chi connectivity index (χ3v) is 2.12. The Kier molecular flexibility index (Phi) is 6.23. The molecule has 1 aromatic rings. The smallest absolute Gasteiger partial charge is 0.411 e. The Labute approximate surface area is 109 Å². The Morgan fingerprint density at radius 3 is 2.58 bits per heavy atom. The van der Waals surface area contributed by atoms with E-state index in [4.69, 9.17) is 4.42 Å². The molecule has 0 aliphatic carbocycles. The molecule has 19 heavy (non-hydrogen) atoms. The van der Waals surface area contributed by atoms with Crippen molar-refractivity contribution in [3.63, 3.8) is 0 Å². The van der Waals surface area contributed by atoms with Gasteiger partial charge in [0.1, 0.15) is 13.2 Å². The van der Waals surface area contributed by atoms with Crippen molar-refractivity contribution in [3.8, 4) is 0 Å². The molecule has 1 aromatic heterocycles. The molecule has 0 spiro atoms. The molecular weight excluding hydrogens is 263 g/mol. The van der Waals surface area contributed by atoms with Crippen molar-refractivity contribution in [2.24, 2.45) is 0 Å². The number of aromatic nitrogens is 2. The highest BCUT2D eigenvalue weighted by molar-refractivity contribution is 4.80. The van der Waals surface area contributed by atoms with Gasteiger partial charge in [0.2, 0.25) is 11.8 Å². The Morgan fingerprint density at radius 2 is 1.95 bits per heavy atom. The van der Waals surface area contributed by atoms with Crippen LogP contribution in [0.5, 0.6) is 0 Å². The second kappa shape index (κ2) is 7.44. The van der Waals surface area contributed by atoms with Crippen molar-refractivity contribution in [2.75, 3.05) is 13.2 Å². The van der Waals surface area contributed by atoms with E-state index in [1.807, 2.05) is 13.8 Å². The van der Waals surface area contributed by atoms with Crippen LogP contribution >= 0.6 is 0 Å². The van der Waals surface area contributed by atoms with E-state index in [1.54, 1.807) is 0 Å². The first-order chi connectivity index (χ1) is 8.87. The third kappa shape index (κ3) is 7.78. The van der Waals surface area contributed by atoms with Crippen molar-refractivity contribution in [2.45, 2.75) is 45.5 Å². The Hall–Kier alpha value is -1.15. The van der Waals surface area contributed by atoms with Crippen LogP contribution in [0.2, 0.25) is 0 Å². The first-order valence-electron chi connectivity index (χ1n) is 6.06. The number of ether oxygens (including phenoxy) is 1. The summed E-state index contributed by atoms with van der Waals surface area (Å²) in [5.74, 6) is 0.479. The summed E-state index contributed by atoms with van der Waals surface area (Å²) in [4.78, 5) is 0. The molecule has 0 aromatic carbocycles. The minimum absolute atomic E-state index is 0.0658. The van der Waals surface area contributed by atoms with Gasteiger partial charge < -0.3 is 14.5 Å². The predicted octanol–water partition coefficient (Wildman–Crippen LogP) is 2.08. The van der Waals surface area contributed by atoms with Crippen LogP contribution in [-0.4, -0.2) is 35.6 Å². The van der Waals surface area contributed by atoms with E-state index in [2.05, 4.69) is 20.3 Å². The lowest BCUT2D eigenvalue weighted by molar-refractivity contribution is -0.177. The highest BCUT2D eigenvalue weighted by Gasteiger charge is 2.27. The number of halogens is 3. The average Bonchev–Trinajstić information content (AvgIpc) is 2.70. The molecule has 0 atom stereocenters. The summed E-state index contributed by atoms with van der Waals surface area (Å²) in [6.07, 6.45) is -2.93. The summed E-state index contributed by atoms with van der Waals surface area (Å²) in [6, 6.07) is 0.411. The van der Waals surface area contributed by atoms with Gasteiger partial charge in [-0.3, -0.25) is 0 Å². The van der Waals surface area contributed by atoms with E-state index in [1.165, 1.54) is 0 Å². The Morgan fingerprint density at radius 1 is 1.26 bits per heavy atom. The standard InChI is InChI=1S/C11H18F3N3O2/c1-8(2)15-5-3-4-9-16-17-10(19-9)6-18-7-11(12,13)14/h8,15H,3-7H2,1-2H3. The largest absolute Gasteiger partial charge is 0.423 e. The van der Waals surface area contributed by atoms with Gasteiger partial charge in [-0.25, -0.2) is 0 Å². The van der Waals surface area contributed by atoms with Crippen LogP contribution in [0.4, 0.5) is 13.2 Å². The van der Waals surface area contributed by atoms with Gasteiger partial charge in [-0.2, -0.15) is 13.2 Å². The molecule has 1 rings (SSSR count). The van der Waals surface area contributed by atoms with Gasteiger partial charge in [0.05, 0.1) is 0 Å². The van der Waals surface area contributed by atoms with Crippen LogP contribution in [0.3, 0.4) is 0 Å². The monoisotopic (exact) mass is 281 g/mol. The maximum atomic E-state index is 11.8. The molecule has 0 amide bonds. The number of aryl methyl sites for hydroxylation is 1. The molecule has 5 nitrogen and oxygen atoms in total. The lowest BCUT2D eigenvalue weighted by Gasteiger charge is -2.06. The summed E-state index contributed by atoms with van der Waals surface area (Å²) < 4.78 is 45.1. The van der Waals surface area contributed by atoms with E-state index in [0.29, 0.717) is 18.4 Å². The SMILES string of the molecule is CC(C)NCCCc1nnc(COCC(F)(F)F)o1. The quantitative estimate of drug-likeness (QED) is 0.739. The molecule has 0 saturated heterocycles. The topological polar surface area (TPSA) is 60.2 Å². The van der Waals surface area contributed by atoms with Gasteiger partial charge >= 0.3 is 6.18 Å². The number of hydrogen-bond acceptors (Lipinski definition) is 5. The fraction of sp³-hybridized carbons (Fsp3) is 0.818. The van der Waals surface area contributed by atoms with Crippen molar-refractivity contribution >= 4 is 0 Å². The summed E-state index contributed by atoms with van der Waals surface area (Å²) in [6.45, 7) is 3.27. The molecule has 1 N–H and O–H groups in total. The van der Waals surface area contributed by atoms with Gasteiger partial charge in [0.15, 0.2) is 0 Å². The van der Waals surface area contributed by atoms with Crippen LogP contribution in [0, 0.1) is 0 Å². The highest BCUT2D eigenvalue weighted by Crippen LogP contribution is 2.15. The molecule has 0 bridgehead atoms. The number of alkyl halides is 3. The molecule has 0 aliphatic heterocycles. The van der Waals surface area contributed by atoms with Crippen LogP contribution in [0.25, 0.3) is 0 Å². The number of nitrogens with one attached hydrogen (secondary N) is 1. The second-order valence-corrected chi connectivity index (χ2v) is 4.41. The average molecular weight is 281 g/mol. The lowest BCUT2D eigenvalue weighted by atomic mass is 10.3. The molecule has 0 unspecified atom stereocenters. The van der Waals surface area contributed by atoms with Crippen LogP contribution in [0.1, 0.15) is 32.0 Å². The van der Waals surface area contributed by atoms with E-state index < -0.39 is 12.8 Å². The zero-order chi connectivity index (χ0) is 14.3. The van der Waals surface area contributed by atoms with E-state index in [0.717, 1.165) is 13.0 Å². The van der Waals surface area contributed by atoms with E-state index in [-0.39, 0.29) is 12.5 Å². The van der Waals surface area contributed by atoms with Gasteiger partial charge in [-0.1, -0.05) is 13.8 Å². The van der Waals surface area contributed by atoms with Crippen LogP contribution in [0.15, 0.2) is 4.42 Å². The van der Waals surface area contributed by atoms with E-state index >= 15 is 0 Å². The van der Waals surface area contributed by atoms with Crippen molar-refractivity contribution in [3.05, 3.63) is 11.8 Å². The maximum Gasteiger partial charge on any atom is 0.411 e. The third-order valence-electron chi connectivity index (χ3n) is 2.12. The normalized spacial score (nSPS) is 12.3. The number of rotatable bonds is 8. The lowest BCUT2D eigenvalue weighted by Crippen LogP contribution is -2.23. The fourth-order valence-electron chi connectivity index (χ4n) is 1.33. The summed E-state index contributed by atoms with van der Waals surface area (Å²) in [5, 5.41) is 10.6. The molecular formula is C11H18F3N3O2. The molecule has 0 aliphatic rings. The zero-order valence-electron chi connectivity index (χ0n) is 11.0. The van der Waals surface area contributed by atoms with Crippen molar-refractivity contribution in [1.29, 1.82) is 0 Å². The van der Waals surface area contributed by atoms with Crippen molar-refractivity contribution < 1.29 is 22.3 Å². The predicted molar refractivity (Wildman–Crippen MR) is 61.5 cm³/mol. The van der Waals surface area contributed by atoms with Gasteiger partial charge in [-0.15, -0.1) is 10.2 Å². The number of hydrogen-bond donors (Lipinski definition) is 1. The first kappa shape index (κ1) is 15.9. The zero-order valence-corrected chi connectivity index (χ0v) is 11.0. The number of nitrogens with zero attached hydrogens (tertiary/aromatic N) is 2. The summed E-state index contributed by atoms with van der Waals surface area (Å²) in [5.41, 5.74) is 0. The Balaban J connectivity index is 2.21. The molecule has 0 saturated carbocycles. The summed E-state index contributed by atoms with van der Waals surface area (Å²) >= 11 is 0. The first-order valence-corrected chi connectivity index (χ1v) is 6.06. The molecule has 110 valence electrons. The summed E-state index contributed by atoms with van der Waals surface area (Å²) in [7, 11) is 0. The van der Waals surface area contributed by atoms with Gasteiger partial charge in [0, 0.05) is 12.5 Å². The molecule has 0 fully saturated rings. The van der Waals surface area contributed by atoms with Gasteiger partial charge in [0.25, 0.3) is 0 Å². The van der Waals surface area contributed by atoms with Crippen LogP contribution < -0.4 is 5.32 Å².